The molecule has 0 bridgehead atoms. The summed E-state index contributed by atoms with van der Waals surface area (Å²) in [6, 6.07) is 0. The summed E-state index contributed by atoms with van der Waals surface area (Å²) >= 11 is 0. The molecule has 1 rings (SSSR count). The fourth-order valence-corrected chi connectivity index (χ4v) is 1.30. The maximum Gasteiger partial charge on any atom is 0.0648 e. The fraction of sp³-hybridized carbons (Fsp3) is 1.00. The Hall–Kier alpha value is -0.0800. The topological polar surface area (TPSA) is 29.5 Å². The molecule has 0 amide bonds. The molecule has 1 aliphatic heterocycles. The highest BCUT2D eigenvalue weighted by atomic mass is 16.5. The fourth-order valence-electron chi connectivity index (χ4n) is 1.30. The maximum atomic E-state index is 8.97. The van der Waals surface area contributed by atoms with Crippen molar-refractivity contribution in [1.29, 1.82) is 0 Å². The maximum absolute atomic E-state index is 8.97. The van der Waals surface area contributed by atoms with Gasteiger partial charge in [-0.2, -0.15) is 0 Å². The first kappa shape index (κ1) is 8.02. The zero-order chi connectivity index (χ0) is 7.61. The molecule has 1 saturated heterocycles. The van der Waals surface area contributed by atoms with E-state index < -0.39 is 0 Å². The van der Waals surface area contributed by atoms with Crippen LogP contribution in [0.5, 0.6) is 0 Å². The van der Waals surface area contributed by atoms with E-state index in [1.807, 2.05) is 13.8 Å². The van der Waals surface area contributed by atoms with Crippen molar-refractivity contribution in [1.82, 2.24) is 0 Å². The summed E-state index contributed by atoms with van der Waals surface area (Å²) < 4.78 is 5.45. The Morgan fingerprint density at radius 1 is 1.60 bits per heavy atom. The van der Waals surface area contributed by atoms with Gasteiger partial charge in [0, 0.05) is 12.0 Å². The molecule has 0 radical (unpaired) electrons. The molecule has 1 aliphatic rings. The minimum Gasteiger partial charge on any atom is -0.396 e. The number of hydrogen-bond acceptors (Lipinski definition) is 2. The second-order valence-corrected chi connectivity index (χ2v) is 3.65. The first-order valence-electron chi connectivity index (χ1n) is 3.89. The smallest absolute Gasteiger partial charge is 0.0648 e. The SMILES string of the molecule is CC(C)(CO)C1CCCO1. The molecule has 1 atom stereocenters. The van der Waals surface area contributed by atoms with Gasteiger partial charge in [-0.3, -0.25) is 0 Å². The monoisotopic (exact) mass is 144 g/mol. The minimum absolute atomic E-state index is 0.0451. The third kappa shape index (κ3) is 1.50. The third-order valence-corrected chi connectivity index (χ3v) is 2.21. The summed E-state index contributed by atoms with van der Waals surface area (Å²) in [6.07, 6.45) is 2.53. The summed E-state index contributed by atoms with van der Waals surface area (Å²) in [5.41, 5.74) is -0.0451. The summed E-state index contributed by atoms with van der Waals surface area (Å²) in [5, 5.41) is 8.97. The average molecular weight is 144 g/mol. The molecule has 60 valence electrons. The Labute approximate surface area is 62.2 Å². The zero-order valence-electron chi connectivity index (χ0n) is 6.76. The van der Waals surface area contributed by atoms with Crippen LogP contribution in [-0.2, 0) is 4.74 Å². The van der Waals surface area contributed by atoms with E-state index in [1.165, 1.54) is 0 Å². The zero-order valence-corrected chi connectivity index (χ0v) is 6.76. The van der Waals surface area contributed by atoms with E-state index in [0.717, 1.165) is 19.4 Å². The van der Waals surface area contributed by atoms with Gasteiger partial charge in [0.1, 0.15) is 0 Å². The van der Waals surface area contributed by atoms with Gasteiger partial charge in [-0.15, -0.1) is 0 Å². The first-order chi connectivity index (χ1) is 4.67. The van der Waals surface area contributed by atoms with Crippen LogP contribution in [0.1, 0.15) is 26.7 Å². The summed E-state index contributed by atoms with van der Waals surface area (Å²) in [4.78, 5) is 0. The van der Waals surface area contributed by atoms with Crippen LogP contribution in [0.15, 0.2) is 0 Å². The molecule has 1 N–H and O–H groups in total. The normalized spacial score (nSPS) is 27.3. The van der Waals surface area contributed by atoms with Crippen molar-refractivity contribution in [3.8, 4) is 0 Å². The molecule has 0 spiro atoms. The van der Waals surface area contributed by atoms with Crippen molar-refractivity contribution < 1.29 is 9.84 Å². The van der Waals surface area contributed by atoms with Gasteiger partial charge in [0.25, 0.3) is 0 Å². The summed E-state index contributed by atoms with van der Waals surface area (Å²) in [6.45, 7) is 5.18. The standard InChI is InChI=1S/C8H16O2/c1-8(2,6-9)7-4-3-5-10-7/h7,9H,3-6H2,1-2H3. The number of hydrogen-bond donors (Lipinski definition) is 1. The van der Waals surface area contributed by atoms with E-state index in [-0.39, 0.29) is 18.1 Å². The highest BCUT2D eigenvalue weighted by molar-refractivity contribution is 4.81. The van der Waals surface area contributed by atoms with Gasteiger partial charge in [-0.25, -0.2) is 0 Å². The van der Waals surface area contributed by atoms with Gasteiger partial charge in [0.2, 0.25) is 0 Å². The van der Waals surface area contributed by atoms with Crippen LogP contribution in [0.3, 0.4) is 0 Å². The van der Waals surface area contributed by atoms with Crippen LogP contribution in [0.25, 0.3) is 0 Å². The molecule has 10 heavy (non-hydrogen) atoms. The molecule has 0 aromatic carbocycles. The lowest BCUT2D eigenvalue weighted by atomic mass is 9.86. The van der Waals surface area contributed by atoms with Crippen LogP contribution < -0.4 is 0 Å². The largest absolute Gasteiger partial charge is 0.396 e. The molecule has 1 heterocycles. The van der Waals surface area contributed by atoms with Gasteiger partial charge in [-0.05, 0) is 12.8 Å². The van der Waals surface area contributed by atoms with Crippen molar-refractivity contribution in [2.75, 3.05) is 13.2 Å². The van der Waals surface area contributed by atoms with Gasteiger partial charge >= 0.3 is 0 Å². The average Bonchev–Trinajstić information content (AvgIpc) is 2.38. The summed E-state index contributed by atoms with van der Waals surface area (Å²) in [5.74, 6) is 0. The lowest BCUT2D eigenvalue weighted by Gasteiger charge is -2.28. The van der Waals surface area contributed by atoms with E-state index >= 15 is 0 Å². The van der Waals surface area contributed by atoms with Crippen LogP contribution in [0.2, 0.25) is 0 Å². The van der Waals surface area contributed by atoms with Crippen LogP contribution >= 0.6 is 0 Å². The number of ether oxygens (including phenoxy) is 1. The van der Waals surface area contributed by atoms with Gasteiger partial charge in [-0.1, -0.05) is 13.8 Å². The molecular formula is C8H16O2. The van der Waals surface area contributed by atoms with Crippen LogP contribution in [0, 0.1) is 5.41 Å². The minimum atomic E-state index is -0.0451. The van der Waals surface area contributed by atoms with Gasteiger partial charge in [0.15, 0.2) is 0 Å². The second-order valence-electron chi connectivity index (χ2n) is 3.65. The van der Waals surface area contributed by atoms with Crippen molar-refractivity contribution in [2.24, 2.45) is 5.41 Å². The predicted octanol–water partition coefficient (Wildman–Crippen LogP) is 1.18. The molecule has 1 fully saturated rings. The van der Waals surface area contributed by atoms with E-state index in [2.05, 4.69) is 0 Å². The molecular weight excluding hydrogens is 128 g/mol. The van der Waals surface area contributed by atoms with Crippen LogP contribution in [-0.4, -0.2) is 24.4 Å². The highest BCUT2D eigenvalue weighted by Gasteiger charge is 2.31. The predicted molar refractivity (Wildman–Crippen MR) is 39.8 cm³/mol. The molecule has 0 saturated carbocycles. The number of aliphatic hydroxyl groups excluding tert-OH is 1. The second kappa shape index (κ2) is 2.89. The Kier molecular flexibility index (Phi) is 2.32. The lowest BCUT2D eigenvalue weighted by molar-refractivity contribution is -0.0125. The molecule has 1 unspecified atom stereocenters. The molecule has 2 heteroatoms. The van der Waals surface area contributed by atoms with Crippen molar-refractivity contribution >= 4 is 0 Å². The Balaban J connectivity index is 2.45. The molecule has 0 aromatic heterocycles. The highest BCUT2D eigenvalue weighted by Crippen LogP contribution is 2.29. The van der Waals surface area contributed by atoms with Crippen molar-refractivity contribution in [3.05, 3.63) is 0 Å². The molecule has 0 aliphatic carbocycles. The first-order valence-corrected chi connectivity index (χ1v) is 3.89. The van der Waals surface area contributed by atoms with Gasteiger partial charge < -0.3 is 9.84 Å². The van der Waals surface area contributed by atoms with Crippen molar-refractivity contribution in [3.63, 3.8) is 0 Å². The quantitative estimate of drug-likeness (QED) is 0.630. The molecule has 0 aromatic rings. The third-order valence-electron chi connectivity index (χ3n) is 2.21. The Morgan fingerprint density at radius 3 is 2.70 bits per heavy atom. The van der Waals surface area contributed by atoms with Crippen molar-refractivity contribution in [2.45, 2.75) is 32.8 Å². The van der Waals surface area contributed by atoms with E-state index in [9.17, 15) is 0 Å². The lowest BCUT2D eigenvalue weighted by Crippen LogP contribution is -2.32. The summed E-state index contributed by atoms with van der Waals surface area (Å²) in [7, 11) is 0. The number of aliphatic hydroxyl groups is 1. The van der Waals surface area contributed by atoms with Crippen LogP contribution in [0.4, 0.5) is 0 Å². The van der Waals surface area contributed by atoms with E-state index in [0.29, 0.717) is 0 Å². The van der Waals surface area contributed by atoms with E-state index in [4.69, 9.17) is 9.84 Å². The van der Waals surface area contributed by atoms with Gasteiger partial charge in [0.05, 0.1) is 12.7 Å². The Morgan fingerprint density at radius 2 is 2.30 bits per heavy atom. The molecule has 2 nitrogen and oxygen atoms in total. The number of rotatable bonds is 2. The Bertz CT molecular complexity index is 104. The van der Waals surface area contributed by atoms with E-state index in [1.54, 1.807) is 0 Å².